The predicted octanol–water partition coefficient (Wildman–Crippen LogP) is 4.52. The third-order valence-corrected chi connectivity index (χ3v) is 6.10. The summed E-state index contributed by atoms with van der Waals surface area (Å²) in [6.07, 6.45) is 9.55. The maximum atomic E-state index is 12.3. The van der Waals surface area contributed by atoms with Crippen molar-refractivity contribution < 1.29 is 9.53 Å². The molecule has 0 amide bonds. The van der Waals surface area contributed by atoms with Crippen molar-refractivity contribution in [2.75, 3.05) is 26.5 Å². The van der Waals surface area contributed by atoms with Gasteiger partial charge in [0.05, 0.1) is 36.8 Å². The molecule has 1 fully saturated rings. The lowest BCUT2D eigenvalue weighted by Gasteiger charge is -2.33. The van der Waals surface area contributed by atoms with Gasteiger partial charge in [0.15, 0.2) is 0 Å². The molecule has 7 heteroatoms. The van der Waals surface area contributed by atoms with Gasteiger partial charge in [-0.1, -0.05) is 30.3 Å². The Balaban J connectivity index is 1.72. The Kier molecular flexibility index (Phi) is 6.32. The van der Waals surface area contributed by atoms with Crippen LogP contribution in [0.5, 0.6) is 0 Å². The molecule has 0 radical (unpaired) electrons. The van der Waals surface area contributed by atoms with Gasteiger partial charge in [0, 0.05) is 17.8 Å². The lowest BCUT2D eigenvalue weighted by molar-refractivity contribution is 0.0601. The van der Waals surface area contributed by atoms with E-state index in [-0.39, 0.29) is 0 Å². The number of ether oxygens (including phenoxy) is 1. The highest BCUT2D eigenvalue weighted by Crippen LogP contribution is 2.37. The van der Waals surface area contributed by atoms with Crippen LogP contribution in [0, 0.1) is 0 Å². The Morgan fingerprint density at radius 3 is 2.52 bits per heavy atom. The van der Waals surface area contributed by atoms with Crippen LogP contribution in [-0.2, 0) is 4.74 Å². The van der Waals surface area contributed by atoms with Gasteiger partial charge in [-0.05, 0) is 51.4 Å². The lowest BCUT2D eigenvalue weighted by atomic mass is 9.90. The number of aromatic nitrogens is 3. The standard InChI is InChI=1S/C24H29N5O2/c1-28(2)18-9-11-19(12-10-18)29-23(21(15-26-29)17-7-5-4-6-8-17)27-22-16-25-14-13-20(22)24(30)31-3/h4-8,13-16,18-19,27H,9-12H2,1-3H3/t18-,19+. The molecule has 3 aromatic rings. The molecule has 2 aromatic heterocycles. The Morgan fingerprint density at radius 1 is 1.10 bits per heavy atom. The Labute approximate surface area is 183 Å². The normalized spacial score (nSPS) is 18.7. The van der Waals surface area contributed by atoms with Crippen LogP contribution >= 0.6 is 0 Å². The van der Waals surface area contributed by atoms with Gasteiger partial charge in [-0.25, -0.2) is 9.48 Å². The second-order valence-corrected chi connectivity index (χ2v) is 8.18. The second kappa shape index (κ2) is 9.31. The van der Waals surface area contributed by atoms with E-state index in [0.29, 0.717) is 23.3 Å². The van der Waals surface area contributed by atoms with E-state index < -0.39 is 5.97 Å². The van der Waals surface area contributed by atoms with Crippen molar-refractivity contribution in [1.29, 1.82) is 0 Å². The third kappa shape index (κ3) is 4.46. The zero-order valence-electron chi connectivity index (χ0n) is 18.3. The molecule has 0 saturated heterocycles. The van der Waals surface area contributed by atoms with Gasteiger partial charge in [0.25, 0.3) is 0 Å². The first-order chi connectivity index (χ1) is 15.1. The number of hydrogen-bond donors (Lipinski definition) is 1. The molecule has 7 nitrogen and oxygen atoms in total. The first-order valence-electron chi connectivity index (χ1n) is 10.7. The second-order valence-electron chi connectivity index (χ2n) is 8.18. The number of rotatable bonds is 6. The number of esters is 1. The summed E-state index contributed by atoms with van der Waals surface area (Å²) in [6, 6.07) is 12.8. The molecule has 2 heterocycles. The minimum absolute atomic E-state index is 0.300. The molecule has 0 aliphatic heterocycles. The number of nitrogens with zero attached hydrogens (tertiary/aromatic N) is 4. The van der Waals surface area contributed by atoms with E-state index in [1.807, 2.05) is 24.4 Å². The van der Waals surface area contributed by atoms with Gasteiger partial charge in [0.1, 0.15) is 5.82 Å². The largest absolute Gasteiger partial charge is 0.465 e. The average Bonchev–Trinajstić information content (AvgIpc) is 3.23. The first-order valence-corrected chi connectivity index (χ1v) is 10.7. The summed E-state index contributed by atoms with van der Waals surface area (Å²) in [5, 5.41) is 8.24. The maximum Gasteiger partial charge on any atom is 0.340 e. The average molecular weight is 420 g/mol. The summed E-state index contributed by atoms with van der Waals surface area (Å²) >= 11 is 0. The van der Waals surface area contributed by atoms with Crippen LogP contribution in [0.25, 0.3) is 11.1 Å². The molecule has 1 aliphatic carbocycles. The van der Waals surface area contributed by atoms with Crippen molar-refractivity contribution in [1.82, 2.24) is 19.7 Å². The van der Waals surface area contributed by atoms with E-state index >= 15 is 0 Å². The molecule has 0 unspecified atom stereocenters. The molecule has 1 saturated carbocycles. The molecule has 1 aliphatic rings. The first kappa shape index (κ1) is 21.1. The van der Waals surface area contributed by atoms with Gasteiger partial charge < -0.3 is 15.0 Å². The molecular weight excluding hydrogens is 390 g/mol. The Bertz CT molecular complexity index is 1020. The van der Waals surface area contributed by atoms with E-state index in [1.165, 1.54) is 7.11 Å². The highest BCUT2D eigenvalue weighted by atomic mass is 16.5. The summed E-state index contributed by atoms with van der Waals surface area (Å²) in [5.41, 5.74) is 3.12. The smallest absolute Gasteiger partial charge is 0.340 e. The Hall–Kier alpha value is -3.19. The van der Waals surface area contributed by atoms with Crippen molar-refractivity contribution in [3.63, 3.8) is 0 Å². The zero-order chi connectivity index (χ0) is 21.8. The van der Waals surface area contributed by atoms with E-state index in [9.17, 15) is 4.79 Å². The van der Waals surface area contributed by atoms with Crippen molar-refractivity contribution in [3.05, 3.63) is 60.6 Å². The molecule has 0 atom stereocenters. The van der Waals surface area contributed by atoms with Gasteiger partial charge in [0.2, 0.25) is 0 Å². The van der Waals surface area contributed by atoms with Gasteiger partial charge in [-0.2, -0.15) is 5.10 Å². The van der Waals surface area contributed by atoms with Crippen LogP contribution in [0.1, 0.15) is 42.1 Å². The van der Waals surface area contributed by atoms with Crippen molar-refractivity contribution >= 4 is 17.5 Å². The minimum atomic E-state index is -0.399. The van der Waals surface area contributed by atoms with Crippen molar-refractivity contribution in [2.24, 2.45) is 0 Å². The number of hydrogen-bond acceptors (Lipinski definition) is 6. The highest BCUT2D eigenvalue weighted by molar-refractivity contribution is 5.96. The lowest BCUT2D eigenvalue weighted by Crippen LogP contribution is -2.33. The van der Waals surface area contributed by atoms with E-state index in [2.05, 4.69) is 46.1 Å². The zero-order valence-corrected chi connectivity index (χ0v) is 18.3. The number of carbonyl (C=O) groups is 1. The van der Waals surface area contributed by atoms with Crippen LogP contribution in [0.2, 0.25) is 0 Å². The molecule has 4 rings (SSSR count). The van der Waals surface area contributed by atoms with Crippen LogP contribution in [-0.4, -0.2) is 52.9 Å². The van der Waals surface area contributed by atoms with Crippen LogP contribution < -0.4 is 5.32 Å². The van der Waals surface area contributed by atoms with Gasteiger partial charge >= 0.3 is 5.97 Å². The number of pyridine rings is 1. The number of methoxy groups -OCH3 is 1. The number of carbonyl (C=O) groups excluding carboxylic acids is 1. The number of benzene rings is 1. The molecule has 162 valence electrons. The van der Waals surface area contributed by atoms with Crippen LogP contribution in [0.3, 0.4) is 0 Å². The fourth-order valence-corrected chi connectivity index (χ4v) is 4.32. The summed E-state index contributed by atoms with van der Waals surface area (Å²) in [6.45, 7) is 0. The summed E-state index contributed by atoms with van der Waals surface area (Å²) in [4.78, 5) is 18.8. The summed E-state index contributed by atoms with van der Waals surface area (Å²) in [5.74, 6) is 0.473. The quantitative estimate of drug-likeness (QED) is 0.592. The number of nitrogens with one attached hydrogen (secondary N) is 1. The Morgan fingerprint density at radius 2 is 1.84 bits per heavy atom. The molecule has 0 spiro atoms. The fourth-order valence-electron chi connectivity index (χ4n) is 4.32. The van der Waals surface area contributed by atoms with Crippen LogP contribution in [0.15, 0.2) is 55.0 Å². The summed E-state index contributed by atoms with van der Waals surface area (Å²) in [7, 11) is 5.68. The van der Waals surface area contributed by atoms with Crippen molar-refractivity contribution in [3.8, 4) is 11.1 Å². The van der Waals surface area contributed by atoms with Gasteiger partial charge in [-0.15, -0.1) is 0 Å². The van der Waals surface area contributed by atoms with Crippen LogP contribution in [0.4, 0.5) is 11.5 Å². The molecular formula is C24H29N5O2. The van der Waals surface area contributed by atoms with Gasteiger partial charge in [-0.3, -0.25) is 4.98 Å². The maximum absolute atomic E-state index is 12.3. The van der Waals surface area contributed by atoms with Crippen molar-refractivity contribution in [2.45, 2.75) is 37.8 Å². The summed E-state index contributed by atoms with van der Waals surface area (Å²) < 4.78 is 7.04. The third-order valence-electron chi connectivity index (χ3n) is 6.10. The minimum Gasteiger partial charge on any atom is -0.465 e. The fraction of sp³-hybridized carbons (Fsp3) is 0.375. The SMILES string of the molecule is COC(=O)c1ccncc1Nc1c(-c2ccccc2)cnn1[C@H]1CC[C@@H](N(C)C)CC1. The highest BCUT2D eigenvalue weighted by Gasteiger charge is 2.27. The molecule has 1 aromatic carbocycles. The topological polar surface area (TPSA) is 72.3 Å². The predicted molar refractivity (Wildman–Crippen MR) is 122 cm³/mol. The molecule has 31 heavy (non-hydrogen) atoms. The number of anilines is 2. The van der Waals surface area contributed by atoms with E-state index in [4.69, 9.17) is 9.84 Å². The monoisotopic (exact) mass is 419 g/mol. The van der Waals surface area contributed by atoms with E-state index in [1.54, 1.807) is 18.5 Å². The van der Waals surface area contributed by atoms with E-state index in [0.717, 1.165) is 42.6 Å². The molecule has 0 bridgehead atoms. The molecule has 1 N–H and O–H groups in total.